The van der Waals surface area contributed by atoms with Gasteiger partial charge in [-0.25, -0.2) is 4.79 Å². The van der Waals surface area contributed by atoms with Gasteiger partial charge in [-0.15, -0.1) is 0 Å². The average molecular weight is 513 g/mol. The Morgan fingerprint density at radius 1 is 1.31 bits per heavy atom. The highest BCUT2D eigenvalue weighted by Gasteiger charge is 2.75. The van der Waals surface area contributed by atoms with E-state index >= 15 is 0 Å². The van der Waals surface area contributed by atoms with Crippen LogP contribution in [0.1, 0.15) is 59.8 Å². The quantitative estimate of drug-likeness (QED) is 0.231. The Kier molecular flexibility index (Phi) is 6.25. The van der Waals surface area contributed by atoms with Crippen LogP contribution in [0.3, 0.4) is 0 Å². The molecule has 1 spiro atoms. The molecule has 2 aliphatic heterocycles. The molecule has 2 saturated carbocycles. The molecule has 0 amide bonds. The van der Waals surface area contributed by atoms with Gasteiger partial charge in [0, 0.05) is 24.8 Å². The molecule has 7 atom stereocenters. The third kappa shape index (κ3) is 3.81. The van der Waals surface area contributed by atoms with Gasteiger partial charge in [-0.2, -0.15) is 0 Å². The number of ether oxygens (including phenoxy) is 4. The van der Waals surface area contributed by atoms with E-state index in [9.17, 15) is 14.4 Å². The Hall–Kier alpha value is -1.41. The van der Waals surface area contributed by atoms with Crippen LogP contribution in [0, 0.1) is 22.7 Å². The van der Waals surface area contributed by atoms with Crippen molar-refractivity contribution >= 4 is 33.8 Å². The Balaban J connectivity index is 1.74. The zero-order chi connectivity index (χ0) is 23.3. The van der Waals surface area contributed by atoms with Gasteiger partial charge in [0.1, 0.15) is 24.9 Å². The minimum Gasteiger partial charge on any atom is -0.465 e. The van der Waals surface area contributed by atoms with Crippen molar-refractivity contribution in [1.29, 1.82) is 0 Å². The van der Waals surface area contributed by atoms with Crippen molar-refractivity contribution in [1.82, 2.24) is 0 Å². The van der Waals surface area contributed by atoms with E-state index in [0.717, 1.165) is 31.3 Å². The monoisotopic (exact) mass is 512 g/mol. The molecule has 0 N–H and O–H groups in total. The third-order valence-electron chi connectivity index (χ3n) is 8.63. The molecule has 4 aliphatic rings. The number of carbonyl (C=O) groups excluding carboxylic acids is 3. The molecule has 2 aliphatic carbocycles. The maximum Gasteiger partial charge on any atom is 0.331 e. The van der Waals surface area contributed by atoms with Crippen LogP contribution < -0.4 is 0 Å². The second-order valence-corrected chi connectivity index (χ2v) is 11.4. The molecule has 2 heterocycles. The zero-order valence-electron chi connectivity index (χ0n) is 19.3. The number of carbonyl (C=O) groups is 3. The minimum absolute atomic E-state index is 0.00361. The van der Waals surface area contributed by atoms with Gasteiger partial charge in [-0.05, 0) is 48.5 Å². The molecule has 4 rings (SSSR count). The van der Waals surface area contributed by atoms with Gasteiger partial charge in [0.15, 0.2) is 0 Å². The Labute approximate surface area is 197 Å². The summed E-state index contributed by atoms with van der Waals surface area (Å²) in [7, 11) is 0. The van der Waals surface area contributed by atoms with E-state index < -0.39 is 11.0 Å². The Morgan fingerprint density at radius 3 is 2.59 bits per heavy atom. The van der Waals surface area contributed by atoms with Crippen molar-refractivity contribution < 1.29 is 33.3 Å². The normalized spacial score (nSPS) is 41.3. The lowest BCUT2D eigenvalue weighted by Crippen LogP contribution is -2.67. The second-order valence-electron chi connectivity index (χ2n) is 10.3. The summed E-state index contributed by atoms with van der Waals surface area (Å²) in [5.74, 6) is -0.592. The molecule has 32 heavy (non-hydrogen) atoms. The number of rotatable bonds is 6. The summed E-state index contributed by atoms with van der Waals surface area (Å²) in [4.78, 5) is 35.6. The third-order valence-corrected chi connectivity index (χ3v) is 9.54. The maximum atomic E-state index is 12.1. The molecular formula is C24H33BrO7. The van der Waals surface area contributed by atoms with Crippen molar-refractivity contribution in [3.05, 3.63) is 11.6 Å². The predicted molar refractivity (Wildman–Crippen MR) is 119 cm³/mol. The van der Waals surface area contributed by atoms with Gasteiger partial charge >= 0.3 is 17.9 Å². The van der Waals surface area contributed by atoms with Crippen LogP contribution in [0.15, 0.2) is 11.6 Å². The summed E-state index contributed by atoms with van der Waals surface area (Å²) < 4.78 is 22.9. The predicted octanol–water partition coefficient (Wildman–Crippen LogP) is 3.72. The first-order chi connectivity index (χ1) is 15.0. The van der Waals surface area contributed by atoms with Crippen molar-refractivity contribution in [3.63, 3.8) is 0 Å². The van der Waals surface area contributed by atoms with Gasteiger partial charge in [-0.3, -0.25) is 9.59 Å². The van der Waals surface area contributed by atoms with E-state index in [4.69, 9.17) is 18.9 Å². The molecule has 0 aromatic carbocycles. The molecular weight excluding hydrogens is 480 g/mol. The summed E-state index contributed by atoms with van der Waals surface area (Å²) in [5, 5.41) is 0. The molecule has 0 aromatic heterocycles. The van der Waals surface area contributed by atoms with Crippen LogP contribution in [-0.4, -0.2) is 54.3 Å². The van der Waals surface area contributed by atoms with Crippen LogP contribution in [0.4, 0.5) is 0 Å². The largest absolute Gasteiger partial charge is 0.465 e. The van der Waals surface area contributed by atoms with Crippen LogP contribution in [0.2, 0.25) is 0 Å². The van der Waals surface area contributed by atoms with Crippen LogP contribution in [0.5, 0.6) is 0 Å². The number of alkyl halides is 1. The van der Waals surface area contributed by atoms with Crippen LogP contribution in [-0.2, 0) is 33.3 Å². The summed E-state index contributed by atoms with van der Waals surface area (Å²) in [6, 6.07) is 0. The standard InChI is InChI=1S/C24H33BrO7/c1-14-8-20(32-16(3)27)24(13-30-15(2)26)19(6-5-7-23(24)12-31-23)22(14,4)10-18(25)17-9-21(28)29-11-17/h9,14,18-20H,5-8,10-13H2,1-4H3. The molecule has 0 aromatic rings. The number of epoxide rings is 1. The van der Waals surface area contributed by atoms with Gasteiger partial charge in [0.25, 0.3) is 0 Å². The van der Waals surface area contributed by atoms with Crippen LogP contribution in [0.25, 0.3) is 0 Å². The van der Waals surface area contributed by atoms with Crippen molar-refractivity contribution in [2.24, 2.45) is 22.7 Å². The molecule has 178 valence electrons. The SMILES string of the molecule is CC(=O)OCC12C(OC(C)=O)CC(C)C(C)(CC(Br)C3=CC(=O)OC3)C1CCCC21CO1. The molecule has 3 fully saturated rings. The van der Waals surface area contributed by atoms with E-state index in [2.05, 4.69) is 29.8 Å². The first kappa shape index (κ1) is 23.7. The highest BCUT2D eigenvalue weighted by Crippen LogP contribution is 2.69. The number of fused-ring (bicyclic) bond motifs is 2. The summed E-state index contributed by atoms with van der Waals surface area (Å²) in [6.07, 6.45) is 5.51. The highest BCUT2D eigenvalue weighted by molar-refractivity contribution is 9.09. The average Bonchev–Trinajstić information content (AvgIpc) is 3.35. The second kappa shape index (κ2) is 8.42. The molecule has 1 saturated heterocycles. The number of hydrogen-bond acceptors (Lipinski definition) is 7. The van der Waals surface area contributed by atoms with E-state index in [1.54, 1.807) is 6.08 Å². The zero-order valence-corrected chi connectivity index (χ0v) is 20.9. The minimum atomic E-state index is -0.590. The summed E-state index contributed by atoms with van der Waals surface area (Å²) >= 11 is 3.82. The van der Waals surface area contributed by atoms with Gasteiger partial charge in [0.2, 0.25) is 0 Å². The number of hydrogen-bond donors (Lipinski definition) is 0. The lowest BCUT2D eigenvalue weighted by Gasteiger charge is -2.63. The number of esters is 3. The Bertz CT molecular complexity index is 834. The molecule has 7 unspecified atom stereocenters. The fraction of sp³-hybridized carbons (Fsp3) is 0.792. The van der Waals surface area contributed by atoms with Crippen molar-refractivity contribution in [3.8, 4) is 0 Å². The number of halogens is 1. The fourth-order valence-electron chi connectivity index (χ4n) is 6.81. The van der Waals surface area contributed by atoms with Gasteiger partial charge in [-0.1, -0.05) is 36.2 Å². The number of cyclic esters (lactones) is 1. The van der Waals surface area contributed by atoms with Gasteiger partial charge in [0.05, 0.1) is 12.0 Å². The highest BCUT2D eigenvalue weighted by atomic mass is 79.9. The smallest absolute Gasteiger partial charge is 0.331 e. The van der Waals surface area contributed by atoms with Gasteiger partial charge < -0.3 is 18.9 Å². The van der Waals surface area contributed by atoms with E-state index in [1.807, 2.05) is 0 Å². The fourth-order valence-corrected chi connectivity index (χ4v) is 7.77. The van der Waals surface area contributed by atoms with Crippen molar-refractivity contribution in [2.75, 3.05) is 19.8 Å². The maximum absolute atomic E-state index is 12.1. The molecule has 0 bridgehead atoms. The molecule has 8 heteroatoms. The first-order valence-electron chi connectivity index (χ1n) is 11.5. The molecule has 0 radical (unpaired) electrons. The first-order valence-corrected chi connectivity index (χ1v) is 12.4. The van der Waals surface area contributed by atoms with Crippen LogP contribution >= 0.6 is 15.9 Å². The summed E-state index contributed by atoms with van der Waals surface area (Å²) in [5.41, 5.74) is -0.228. The lowest BCUT2D eigenvalue weighted by atomic mass is 9.43. The van der Waals surface area contributed by atoms with Crippen molar-refractivity contribution in [2.45, 2.75) is 76.3 Å². The van der Waals surface area contributed by atoms with E-state index in [-0.39, 0.29) is 52.7 Å². The summed E-state index contributed by atoms with van der Waals surface area (Å²) in [6.45, 7) is 8.45. The molecule has 7 nitrogen and oxygen atoms in total. The van der Waals surface area contributed by atoms with E-state index in [0.29, 0.717) is 19.6 Å². The topological polar surface area (TPSA) is 91.4 Å². The Morgan fingerprint density at radius 2 is 2.03 bits per heavy atom. The lowest BCUT2D eigenvalue weighted by molar-refractivity contribution is -0.228. The van der Waals surface area contributed by atoms with E-state index in [1.165, 1.54) is 13.8 Å².